The molecule has 0 bridgehead atoms. The van der Waals surface area contributed by atoms with Crippen molar-refractivity contribution in [3.63, 3.8) is 0 Å². The molecule has 0 atom stereocenters. The number of hydrogen-bond donors (Lipinski definition) is 2. The molecule has 3 heteroatoms. The molecule has 0 aliphatic rings. The summed E-state index contributed by atoms with van der Waals surface area (Å²) in [6, 6.07) is 18.2. The first-order valence-electron chi connectivity index (χ1n) is 6.01. The molecular formula is C15H13BO2. The largest absolute Gasteiger partial charge is 0.456 e. The molecular weight excluding hydrogens is 223 g/mol. The van der Waals surface area contributed by atoms with Crippen LogP contribution in [0.3, 0.4) is 0 Å². The van der Waals surface area contributed by atoms with E-state index in [1.54, 1.807) is 0 Å². The van der Waals surface area contributed by atoms with Crippen LogP contribution < -0.4 is 0 Å². The summed E-state index contributed by atoms with van der Waals surface area (Å²) in [6.45, 7) is 0. The lowest BCUT2D eigenvalue weighted by Gasteiger charge is -2.11. The molecule has 0 unspecified atom stereocenters. The third-order valence-corrected chi connectivity index (χ3v) is 3.27. The highest BCUT2D eigenvalue weighted by atomic mass is 16.4. The summed E-state index contributed by atoms with van der Waals surface area (Å²) in [5.74, 6) is 0. The standard InChI is InChI=1S/C15H13BO2/c17-16(18)10-15-13-7-3-1-5-11(13)9-12-6-2-4-8-14(12)15/h1-9,17-18H,10H2. The molecule has 3 aromatic carbocycles. The van der Waals surface area contributed by atoms with Crippen LogP contribution in [0.4, 0.5) is 0 Å². The van der Waals surface area contributed by atoms with Gasteiger partial charge in [-0.3, -0.25) is 0 Å². The first kappa shape index (κ1) is 11.3. The van der Waals surface area contributed by atoms with Gasteiger partial charge in [-0.15, -0.1) is 0 Å². The molecule has 0 heterocycles. The first-order chi connectivity index (χ1) is 8.75. The molecule has 88 valence electrons. The average molecular weight is 236 g/mol. The molecule has 2 nitrogen and oxygen atoms in total. The van der Waals surface area contributed by atoms with Gasteiger partial charge in [0.05, 0.1) is 0 Å². The fourth-order valence-corrected chi connectivity index (χ4v) is 2.51. The lowest BCUT2D eigenvalue weighted by molar-refractivity contribution is 0.406. The molecule has 3 rings (SSSR count). The van der Waals surface area contributed by atoms with Crippen LogP contribution in [-0.4, -0.2) is 17.2 Å². The number of fused-ring (bicyclic) bond motifs is 2. The van der Waals surface area contributed by atoms with E-state index < -0.39 is 7.12 Å². The van der Waals surface area contributed by atoms with Crippen LogP contribution in [0.2, 0.25) is 0 Å². The third kappa shape index (κ3) is 1.88. The van der Waals surface area contributed by atoms with E-state index >= 15 is 0 Å². The Bertz CT molecular complexity index is 653. The van der Waals surface area contributed by atoms with Gasteiger partial charge in [-0.05, 0) is 33.2 Å². The Labute approximate surface area is 106 Å². The van der Waals surface area contributed by atoms with Crippen molar-refractivity contribution in [2.24, 2.45) is 0 Å². The number of hydrogen-bond acceptors (Lipinski definition) is 2. The van der Waals surface area contributed by atoms with Gasteiger partial charge in [0.2, 0.25) is 0 Å². The van der Waals surface area contributed by atoms with E-state index in [1.165, 1.54) is 0 Å². The highest BCUT2D eigenvalue weighted by Crippen LogP contribution is 2.28. The van der Waals surface area contributed by atoms with Crippen molar-refractivity contribution in [3.8, 4) is 0 Å². The van der Waals surface area contributed by atoms with Crippen LogP contribution in [0.1, 0.15) is 5.56 Å². The van der Waals surface area contributed by atoms with Gasteiger partial charge in [-0.25, -0.2) is 0 Å². The van der Waals surface area contributed by atoms with Crippen LogP contribution >= 0.6 is 0 Å². The fourth-order valence-electron chi connectivity index (χ4n) is 2.51. The Hall–Kier alpha value is -1.84. The fraction of sp³-hybridized carbons (Fsp3) is 0.0667. The SMILES string of the molecule is OB(O)Cc1c2ccccc2cc2ccccc12. The minimum absolute atomic E-state index is 0.252. The van der Waals surface area contributed by atoms with Crippen LogP contribution in [-0.2, 0) is 6.32 Å². The van der Waals surface area contributed by atoms with Crippen LogP contribution in [0.15, 0.2) is 54.6 Å². The molecule has 0 aliphatic heterocycles. The smallest absolute Gasteiger partial charge is 0.427 e. The van der Waals surface area contributed by atoms with Crippen molar-refractivity contribution in [1.29, 1.82) is 0 Å². The minimum atomic E-state index is -1.32. The lowest BCUT2D eigenvalue weighted by atomic mass is 9.78. The predicted molar refractivity (Wildman–Crippen MR) is 75.3 cm³/mol. The highest BCUT2D eigenvalue weighted by molar-refractivity contribution is 6.41. The van der Waals surface area contributed by atoms with E-state index in [2.05, 4.69) is 18.2 Å². The second kappa shape index (κ2) is 4.44. The molecule has 0 aromatic heterocycles. The summed E-state index contributed by atoms with van der Waals surface area (Å²) in [5.41, 5.74) is 0.999. The van der Waals surface area contributed by atoms with Crippen molar-refractivity contribution >= 4 is 28.7 Å². The van der Waals surface area contributed by atoms with Gasteiger partial charge in [0.25, 0.3) is 0 Å². The van der Waals surface area contributed by atoms with Crippen molar-refractivity contribution < 1.29 is 10.0 Å². The van der Waals surface area contributed by atoms with Gasteiger partial charge in [-0.2, -0.15) is 0 Å². The molecule has 0 amide bonds. The molecule has 3 aromatic rings. The number of rotatable bonds is 2. The summed E-state index contributed by atoms with van der Waals surface area (Å²) in [7, 11) is -1.32. The molecule has 0 saturated carbocycles. The van der Waals surface area contributed by atoms with E-state index in [-0.39, 0.29) is 6.32 Å². The minimum Gasteiger partial charge on any atom is -0.427 e. The summed E-state index contributed by atoms with van der Waals surface area (Å²) < 4.78 is 0. The van der Waals surface area contributed by atoms with Crippen molar-refractivity contribution in [2.75, 3.05) is 0 Å². The summed E-state index contributed by atoms with van der Waals surface area (Å²) in [4.78, 5) is 0. The molecule has 0 radical (unpaired) electrons. The molecule has 0 fully saturated rings. The van der Waals surface area contributed by atoms with Gasteiger partial charge in [0, 0.05) is 6.32 Å². The summed E-state index contributed by atoms with van der Waals surface area (Å²) in [5, 5.41) is 23.0. The van der Waals surface area contributed by atoms with Crippen molar-refractivity contribution in [2.45, 2.75) is 6.32 Å². The van der Waals surface area contributed by atoms with Crippen molar-refractivity contribution in [1.82, 2.24) is 0 Å². The normalized spacial score (nSPS) is 11.0. The van der Waals surface area contributed by atoms with E-state index in [4.69, 9.17) is 0 Å². The van der Waals surface area contributed by atoms with Crippen LogP contribution in [0.5, 0.6) is 0 Å². The zero-order chi connectivity index (χ0) is 12.5. The van der Waals surface area contributed by atoms with Crippen LogP contribution in [0, 0.1) is 0 Å². The Morgan fingerprint density at radius 1 is 0.778 bits per heavy atom. The molecule has 18 heavy (non-hydrogen) atoms. The Morgan fingerprint density at radius 2 is 1.28 bits per heavy atom. The van der Waals surface area contributed by atoms with E-state index in [0.29, 0.717) is 0 Å². The maximum Gasteiger partial charge on any atom is 0.456 e. The van der Waals surface area contributed by atoms with E-state index in [0.717, 1.165) is 27.1 Å². The van der Waals surface area contributed by atoms with Gasteiger partial charge in [0.15, 0.2) is 0 Å². The first-order valence-corrected chi connectivity index (χ1v) is 6.01. The maximum absolute atomic E-state index is 9.28. The van der Waals surface area contributed by atoms with Gasteiger partial charge >= 0.3 is 7.12 Å². The van der Waals surface area contributed by atoms with Crippen molar-refractivity contribution in [3.05, 3.63) is 60.2 Å². The molecule has 0 spiro atoms. The monoisotopic (exact) mass is 236 g/mol. The summed E-state index contributed by atoms with van der Waals surface area (Å²) in [6.07, 6.45) is 0.252. The third-order valence-electron chi connectivity index (χ3n) is 3.27. The zero-order valence-electron chi connectivity index (χ0n) is 9.88. The summed E-state index contributed by atoms with van der Waals surface area (Å²) >= 11 is 0. The van der Waals surface area contributed by atoms with Gasteiger partial charge < -0.3 is 10.0 Å². The van der Waals surface area contributed by atoms with Gasteiger partial charge in [-0.1, -0.05) is 48.5 Å². The van der Waals surface area contributed by atoms with E-state index in [9.17, 15) is 10.0 Å². The second-order valence-electron chi connectivity index (χ2n) is 4.48. The quantitative estimate of drug-likeness (QED) is 0.530. The molecule has 0 aliphatic carbocycles. The topological polar surface area (TPSA) is 40.5 Å². The maximum atomic E-state index is 9.28. The van der Waals surface area contributed by atoms with Gasteiger partial charge in [0.1, 0.15) is 0 Å². The molecule has 2 N–H and O–H groups in total. The average Bonchev–Trinajstić information content (AvgIpc) is 2.38. The zero-order valence-corrected chi connectivity index (χ0v) is 9.88. The Morgan fingerprint density at radius 3 is 1.78 bits per heavy atom. The Balaban J connectivity index is 2.41. The predicted octanol–water partition coefficient (Wildman–Crippen LogP) is 2.55. The lowest BCUT2D eigenvalue weighted by Crippen LogP contribution is -2.15. The van der Waals surface area contributed by atoms with E-state index in [1.807, 2.05) is 36.4 Å². The second-order valence-corrected chi connectivity index (χ2v) is 4.48. The van der Waals surface area contributed by atoms with Crippen LogP contribution in [0.25, 0.3) is 21.5 Å². The Kier molecular flexibility index (Phi) is 2.78. The highest BCUT2D eigenvalue weighted by Gasteiger charge is 2.14. The molecule has 0 saturated heterocycles. The number of benzene rings is 3.